The summed E-state index contributed by atoms with van der Waals surface area (Å²) in [6.45, 7) is 0. The Hall–Kier alpha value is -1.74. The molecule has 0 unspecified atom stereocenters. The van der Waals surface area contributed by atoms with Crippen LogP contribution in [0.25, 0.3) is 0 Å². The van der Waals surface area contributed by atoms with E-state index in [1.54, 1.807) is 24.3 Å². The van der Waals surface area contributed by atoms with E-state index in [0.29, 0.717) is 5.69 Å². The fraction of sp³-hybridized carbons (Fsp3) is 0.133. The highest BCUT2D eigenvalue weighted by Crippen LogP contribution is 2.19. The molecule has 0 radical (unpaired) electrons. The van der Waals surface area contributed by atoms with Gasteiger partial charge in [-0.1, -0.05) is 32.5 Å². The van der Waals surface area contributed by atoms with Crippen molar-refractivity contribution in [1.82, 2.24) is 4.47 Å². The van der Waals surface area contributed by atoms with Crippen molar-refractivity contribution in [3.8, 4) is 0 Å². The number of rotatable bonds is 5. The molecule has 0 saturated carbocycles. The molecular formula is C15H15BrN2O4S. The van der Waals surface area contributed by atoms with E-state index in [9.17, 15) is 13.2 Å². The standard InChI is InChI=1S/C15H15BrN2O4S/c1-18(22-2)23(20,21)14-8-3-5-11(9-14)15(19)17-13-7-4-6-12(16)10-13/h3-10H,1-2H3,(H,17,19). The van der Waals surface area contributed by atoms with Crippen LogP contribution in [0.5, 0.6) is 0 Å². The quantitative estimate of drug-likeness (QED) is 0.785. The Morgan fingerprint density at radius 1 is 1.17 bits per heavy atom. The second-order valence-corrected chi connectivity index (χ2v) is 7.44. The van der Waals surface area contributed by atoms with E-state index in [-0.39, 0.29) is 10.5 Å². The molecule has 0 aliphatic rings. The van der Waals surface area contributed by atoms with Crippen LogP contribution in [-0.2, 0) is 14.9 Å². The van der Waals surface area contributed by atoms with Crippen LogP contribution in [0.4, 0.5) is 5.69 Å². The van der Waals surface area contributed by atoms with E-state index in [1.165, 1.54) is 32.4 Å². The molecule has 1 N–H and O–H groups in total. The lowest BCUT2D eigenvalue weighted by molar-refractivity contribution is -0.0258. The summed E-state index contributed by atoms with van der Waals surface area (Å²) in [4.78, 5) is 17.0. The van der Waals surface area contributed by atoms with Gasteiger partial charge < -0.3 is 5.32 Å². The molecule has 122 valence electrons. The van der Waals surface area contributed by atoms with Gasteiger partial charge in [0.25, 0.3) is 15.9 Å². The SMILES string of the molecule is CON(C)S(=O)(=O)c1cccc(C(=O)Nc2cccc(Br)c2)c1. The fourth-order valence-electron chi connectivity index (χ4n) is 1.81. The zero-order valence-corrected chi connectivity index (χ0v) is 14.9. The molecule has 0 atom stereocenters. The first kappa shape index (κ1) is 17.6. The summed E-state index contributed by atoms with van der Waals surface area (Å²) >= 11 is 3.32. The fourth-order valence-corrected chi connectivity index (χ4v) is 3.23. The molecule has 8 heteroatoms. The largest absolute Gasteiger partial charge is 0.322 e. The molecule has 0 spiro atoms. The molecule has 0 heterocycles. The third-order valence-electron chi connectivity index (χ3n) is 3.07. The summed E-state index contributed by atoms with van der Waals surface area (Å²) in [7, 11) is -1.27. The number of anilines is 1. The van der Waals surface area contributed by atoms with Crippen LogP contribution in [0.2, 0.25) is 0 Å². The smallest absolute Gasteiger partial charge is 0.264 e. The van der Waals surface area contributed by atoms with Crippen molar-refractivity contribution in [2.75, 3.05) is 19.5 Å². The molecule has 2 rings (SSSR count). The second kappa shape index (κ2) is 7.22. The summed E-state index contributed by atoms with van der Waals surface area (Å²) in [5.41, 5.74) is 0.835. The van der Waals surface area contributed by atoms with Gasteiger partial charge in [-0.15, -0.1) is 0 Å². The van der Waals surface area contributed by atoms with Crippen molar-refractivity contribution >= 4 is 37.5 Å². The summed E-state index contributed by atoms with van der Waals surface area (Å²) in [5, 5.41) is 2.71. The number of hydrogen-bond acceptors (Lipinski definition) is 4. The number of carbonyl (C=O) groups excluding carboxylic acids is 1. The first-order valence-corrected chi connectivity index (χ1v) is 8.78. The highest BCUT2D eigenvalue weighted by atomic mass is 79.9. The van der Waals surface area contributed by atoms with Crippen LogP contribution >= 0.6 is 15.9 Å². The molecule has 2 aromatic rings. The predicted octanol–water partition coefficient (Wildman–Crippen LogP) is 2.88. The Morgan fingerprint density at radius 2 is 1.87 bits per heavy atom. The van der Waals surface area contributed by atoms with Crippen LogP contribution in [0.15, 0.2) is 57.9 Å². The molecule has 0 aromatic heterocycles. The number of nitrogens with zero attached hydrogens (tertiary/aromatic N) is 1. The average molecular weight is 399 g/mol. The molecule has 0 saturated heterocycles. The van der Waals surface area contributed by atoms with Gasteiger partial charge in [-0.2, -0.15) is 0 Å². The van der Waals surface area contributed by atoms with Gasteiger partial charge in [-0.25, -0.2) is 8.42 Å². The van der Waals surface area contributed by atoms with E-state index >= 15 is 0 Å². The normalized spacial score (nSPS) is 11.5. The average Bonchev–Trinajstić information content (AvgIpc) is 2.54. The van der Waals surface area contributed by atoms with Crippen LogP contribution in [-0.4, -0.2) is 33.0 Å². The Labute approximate surface area is 143 Å². The van der Waals surface area contributed by atoms with Gasteiger partial charge in [0.15, 0.2) is 0 Å². The van der Waals surface area contributed by atoms with Crippen LogP contribution < -0.4 is 5.32 Å². The highest BCUT2D eigenvalue weighted by Gasteiger charge is 2.21. The molecular weight excluding hydrogens is 384 g/mol. The maximum absolute atomic E-state index is 12.3. The molecule has 0 bridgehead atoms. The zero-order chi connectivity index (χ0) is 17.0. The van der Waals surface area contributed by atoms with E-state index < -0.39 is 15.9 Å². The van der Waals surface area contributed by atoms with E-state index in [2.05, 4.69) is 21.2 Å². The Morgan fingerprint density at radius 3 is 2.52 bits per heavy atom. The summed E-state index contributed by atoms with van der Waals surface area (Å²) < 4.78 is 26.0. The molecule has 23 heavy (non-hydrogen) atoms. The molecule has 1 amide bonds. The lowest BCUT2D eigenvalue weighted by atomic mass is 10.2. The number of hydroxylamine groups is 1. The number of amides is 1. The minimum Gasteiger partial charge on any atom is -0.322 e. The first-order chi connectivity index (χ1) is 10.8. The molecule has 0 aliphatic carbocycles. The molecule has 0 fully saturated rings. The predicted molar refractivity (Wildman–Crippen MR) is 90.5 cm³/mol. The van der Waals surface area contributed by atoms with Gasteiger partial charge in [0.1, 0.15) is 0 Å². The van der Waals surface area contributed by atoms with Crippen molar-refractivity contribution < 1.29 is 18.0 Å². The zero-order valence-electron chi connectivity index (χ0n) is 12.5. The van der Waals surface area contributed by atoms with E-state index in [4.69, 9.17) is 4.84 Å². The lowest BCUT2D eigenvalue weighted by Gasteiger charge is -2.14. The van der Waals surface area contributed by atoms with Crippen LogP contribution in [0.1, 0.15) is 10.4 Å². The van der Waals surface area contributed by atoms with Crippen molar-refractivity contribution in [2.45, 2.75) is 4.90 Å². The summed E-state index contributed by atoms with van der Waals surface area (Å²) in [6.07, 6.45) is 0. The van der Waals surface area contributed by atoms with Crippen LogP contribution in [0.3, 0.4) is 0 Å². The maximum atomic E-state index is 12.3. The second-order valence-electron chi connectivity index (χ2n) is 4.59. The number of nitrogens with one attached hydrogen (secondary N) is 1. The number of benzene rings is 2. The minimum absolute atomic E-state index is 0.0243. The van der Waals surface area contributed by atoms with E-state index in [1.807, 2.05) is 6.07 Å². The minimum atomic E-state index is -3.80. The third kappa shape index (κ3) is 4.17. The Bertz CT molecular complexity index is 824. The van der Waals surface area contributed by atoms with Crippen molar-refractivity contribution in [3.63, 3.8) is 0 Å². The summed E-state index contributed by atoms with van der Waals surface area (Å²) in [5.74, 6) is -0.403. The van der Waals surface area contributed by atoms with Gasteiger partial charge in [0.2, 0.25) is 0 Å². The maximum Gasteiger partial charge on any atom is 0.264 e. The van der Waals surface area contributed by atoms with Gasteiger partial charge in [0, 0.05) is 22.8 Å². The number of hydrogen-bond donors (Lipinski definition) is 1. The van der Waals surface area contributed by atoms with Gasteiger partial charge in [-0.3, -0.25) is 9.63 Å². The first-order valence-electron chi connectivity index (χ1n) is 6.54. The number of carbonyl (C=O) groups is 1. The number of halogens is 1. The Kier molecular flexibility index (Phi) is 5.53. The van der Waals surface area contributed by atoms with E-state index in [0.717, 1.165) is 8.94 Å². The highest BCUT2D eigenvalue weighted by molar-refractivity contribution is 9.10. The monoisotopic (exact) mass is 398 g/mol. The van der Waals surface area contributed by atoms with Crippen LogP contribution in [0, 0.1) is 0 Å². The van der Waals surface area contributed by atoms with Gasteiger partial charge >= 0.3 is 0 Å². The lowest BCUT2D eigenvalue weighted by Crippen LogP contribution is -2.26. The van der Waals surface area contributed by atoms with Crippen molar-refractivity contribution in [2.24, 2.45) is 0 Å². The van der Waals surface area contributed by atoms with Gasteiger partial charge in [-0.05, 0) is 36.4 Å². The third-order valence-corrected chi connectivity index (χ3v) is 5.24. The Balaban J connectivity index is 2.28. The van der Waals surface area contributed by atoms with Crippen molar-refractivity contribution in [3.05, 3.63) is 58.6 Å². The molecule has 0 aliphatic heterocycles. The molecule has 6 nitrogen and oxygen atoms in total. The topological polar surface area (TPSA) is 75.7 Å². The number of sulfonamides is 1. The van der Waals surface area contributed by atoms with Gasteiger partial charge in [0.05, 0.1) is 12.0 Å². The van der Waals surface area contributed by atoms with Crippen molar-refractivity contribution in [1.29, 1.82) is 0 Å². The molecule has 2 aromatic carbocycles. The summed E-state index contributed by atoms with van der Waals surface area (Å²) in [6, 6.07) is 12.9.